The molecule has 0 radical (unpaired) electrons. The predicted molar refractivity (Wildman–Crippen MR) is 50.8 cm³/mol. The maximum absolute atomic E-state index is 10.7. The number of likely N-dealkylation sites (N-methyl/N-ethyl adjacent to an activating group) is 1. The molecule has 0 aliphatic carbocycles. The van der Waals surface area contributed by atoms with Crippen LogP contribution in [0.2, 0.25) is 0 Å². The molecule has 0 bridgehead atoms. The number of hydrogen-bond acceptors (Lipinski definition) is 3. The third kappa shape index (κ3) is 2.67. The lowest BCUT2D eigenvalue weighted by atomic mass is 10.0. The van der Waals surface area contributed by atoms with E-state index < -0.39 is 5.97 Å². The average molecular weight is 186 g/mol. The number of piperidine rings is 1. The molecule has 0 aromatic heterocycles. The summed E-state index contributed by atoms with van der Waals surface area (Å²) in [6.07, 6.45) is 2.24. The van der Waals surface area contributed by atoms with Crippen LogP contribution in [0, 0.1) is 0 Å². The molecular weight excluding hydrogens is 168 g/mol. The van der Waals surface area contributed by atoms with Crippen molar-refractivity contribution in [2.24, 2.45) is 0 Å². The van der Waals surface area contributed by atoms with Crippen molar-refractivity contribution in [1.82, 2.24) is 10.2 Å². The Bertz CT molecular complexity index is 184. The van der Waals surface area contributed by atoms with Gasteiger partial charge in [-0.25, -0.2) is 0 Å². The molecule has 0 aromatic rings. The Labute approximate surface area is 78.9 Å². The summed E-state index contributed by atoms with van der Waals surface area (Å²) in [5.41, 5.74) is 0. The van der Waals surface area contributed by atoms with E-state index in [2.05, 4.69) is 5.32 Å². The minimum atomic E-state index is -0.725. The molecule has 1 aliphatic rings. The largest absolute Gasteiger partial charge is 0.480 e. The van der Waals surface area contributed by atoms with Gasteiger partial charge in [0.15, 0.2) is 0 Å². The standard InChI is InChI=1S/C9H18N2O2/c1-7(9(12)13)11-5-3-4-8(6-11)10-2/h7-8,10H,3-6H2,1-2H3,(H,12,13). The van der Waals surface area contributed by atoms with Crippen LogP contribution in [-0.2, 0) is 4.79 Å². The summed E-state index contributed by atoms with van der Waals surface area (Å²) in [6.45, 7) is 3.51. The highest BCUT2D eigenvalue weighted by atomic mass is 16.4. The molecular formula is C9H18N2O2. The van der Waals surface area contributed by atoms with Crippen molar-refractivity contribution in [3.8, 4) is 0 Å². The fourth-order valence-electron chi connectivity index (χ4n) is 1.75. The fraction of sp³-hybridized carbons (Fsp3) is 0.889. The molecule has 0 saturated carbocycles. The molecule has 13 heavy (non-hydrogen) atoms. The highest BCUT2D eigenvalue weighted by Crippen LogP contribution is 2.12. The Morgan fingerprint density at radius 2 is 2.38 bits per heavy atom. The minimum absolute atomic E-state index is 0.351. The van der Waals surface area contributed by atoms with Crippen LogP contribution in [0.1, 0.15) is 19.8 Å². The van der Waals surface area contributed by atoms with Gasteiger partial charge in [0.1, 0.15) is 6.04 Å². The molecule has 1 rings (SSSR count). The number of carboxylic acids is 1. The van der Waals surface area contributed by atoms with E-state index in [4.69, 9.17) is 5.11 Å². The zero-order chi connectivity index (χ0) is 9.84. The number of carboxylic acid groups (broad SMARTS) is 1. The quantitative estimate of drug-likeness (QED) is 0.658. The summed E-state index contributed by atoms with van der Waals surface area (Å²) in [5.74, 6) is -0.725. The molecule has 4 nitrogen and oxygen atoms in total. The monoisotopic (exact) mass is 186 g/mol. The molecule has 0 aromatic carbocycles. The van der Waals surface area contributed by atoms with Gasteiger partial charge in [-0.1, -0.05) is 0 Å². The number of aliphatic carboxylic acids is 1. The highest BCUT2D eigenvalue weighted by molar-refractivity contribution is 5.72. The molecule has 1 saturated heterocycles. The maximum atomic E-state index is 10.7. The number of nitrogens with zero attached hydrogens (tertiary/aromatic N) is 1. The molecule has 2 N–H and O–H groups in total. The van der Waals surface area contributed by atoms with Crippen molar-refractivity contribution in [2.75, 3.05) is 20.1 Å². The first kappa shape index (κ1) is 10.5. The number of carbonyl (C=O) groups is 1. The lowest BCUT2D eigenvalue weighted by molar-refractivity contribution is -0.143. The summed E-state index contributed by atoms with van der Waals surface area (Å²) in [5, 5.41) is 12.0. The molecule has 1 heterocycles. The van der Waals surface area contributed by atoms with Crippen molar-refractivity contribution < 1.29 is 9.90 Å². The first-order chi connectivity index (χ1) is 6.15. The molecule has 2 atom stereocenters. The molecule has 2 unspecified atom stereocenters. The Balaban J connectivity index is 2.46. The molecule has 1 fully saturated rings. The normalized spacial score (nSPS) is 27.1. The van der Waals surface area contributed by atoms with E-state index >= 15 is 0 Å². The second kappa shape index (κ2) is 4.58. The molecule has 0 spiro atoms. The predicted octanol–water partition coefficient (Wildman–Crippen LogP) is 0.143. The summed E-state index contributed by atoms with van der Waals surface area (Å²) < 4.78 is 0. The van der Waals surface area contributed by atoms with Crippen molar-refractivity contribution in [1.29, 1.82) is 0 Å². The van der Waals surface area contributed by atoms with Crippen molar-refractivity contribution in [3.63, 3.8) is 0 Å². The van der Waals surface area contributed by atoms with E-state index in [-0.39, 0.29) is 6.04 Å². The Morgan fingerprint density at radius 3 is 2.92 bits per heavy atom. The lowest BCUT2D eigenvalue weighted by Crippen LogP contribution is -2.50. The van der Waals surface area contributed by atoms with E-state index in [0.29, 0.717) is 6.04 Å². The van der Waals surface area contributed by atoms with E-state index in [1.54, 1.807) is 6.92 Å². The Kier molecular flexibility index (Phi) is 3.69. The fourth-order valence-corrected chi connectivity index (χ4v) is 1.75. The lowest BCUT2D eigenvalue weighted by Gasteiger charge is -2.34. The third-order valence-electron chi connectivity index (χ3n) is 2.77. The van der Waals surface area contributed by atoms with Crippen LogP contribution in [0.4, 0.5) is 0 Å². The summed E-state index contributed by atoms with van der Waals surface area (Å²) >= 11 is 0. The topological polar surface area (TPSA) is 52.6 Å². The highest BCUT2D eigenvalue weighted by Gasteiger charge is 2.25. The van der Waals surface area contributed by atoms with Crippen LogP contribution >= 0.6 is 0 Å². The average Bonchev–Trinajstić information content (AvgIpc) is 2.16. The second-order valence-electron chi connectivity index (χ2n) is 3.64. The molecule has 0 amide bonds. The SMILES string of the molecule is CNC1CCCN(C(C)C(=O)O)C1. The van der Waals surface area contributed by atoms with Gasteiger partial charge in [-0.2, -0.15) is 0 Å². The Hall–Kier alpha value is -0.610. The van der Waals surface area contributed by atoms with Crippen LogP contribution < -0.4 is 5.32 Å². The summed E-state index contributed by atoms with van der Waals surface area (Å²) in [4.78, 5) is 12.8. The van der Waals surface area contributed by atoms with Gasteiger partial charge in [0, 0.05) is 12.6 Å². The van der Waals surface area contributed by atoms with Gasteiger partial charge in [0.05, 0.1) is 0 Å². The van der Waals surface area contributed by atoms with Gasteiger partial charge in [-0.05, 0) is 33.4 Å². The number of hydrogen-bond donors (Lipinski definition) is 2. The second-order valence-corrected chi connectivity index (χ2v) is 3.64. The number of rotatable bonds is 3. The zero-order valence-corrected chi connectivity index (χ0v) is 8.29. The molecule has 1 aliphatic heterocycles. The van der Waals surface area contributed by atoms with Gasteiger partial charge < -0.3 is 10.4 Å². The Morgan fingerprint density at radius 1 is 1.69 bits per heavy atom. The zero-order valence-electron chi connectivity index (χ0n) is 8.29. The van der Waals surface area contributed by atoms with Crippen molar-refractivity contribution in [3.05, 3.63) is 0 Å². The first-order valence-electron chi connectivity index (χ1n) is 4.79. The molecule has 76 valence electrons. The summed E-state index contributed by atoms with van der Waals surface area (Å²) in [6, 6.07) is 0.103. The molecule has 4 heteroatoms. The maximum Gasteiger partial charge on any atom is 0.320 e. The van der Waals surface area contributed by atoms with Crippen LogP contribution in [-0.4, -0.2) is 48.2 Å². The van der Waals surface area contributed by atoms with Gasteiger partial charge in [-0.3, -0.25) is 9.69 Å². The van der Waals surface area contributed by atoms with E-state index in [1.807, 2.05) is 11.9 Å². The van der Waals surface area contributed by atoms with E-state index in [9.17, 15) is 4.79 Å². The minimum Gasteiger partial charge on any atom is -0.480 e. The van der Waals surface area contributed by atoms with Crippen LogP contribution in [0.15, 0.2) is 0 Å². The first-order valence-corrected chi connectivity index (χ1v) is 4.79. The van der Waals surface area contributed by atoms with E-state index in [0.717, 1.165) is 25.9 Å². The van der Waals surface area contributed by atoms with Gasteiger partial charge >= 0.3 is 5.97 Å². The van der Waals surface area contributed by atoms with Crippen LogP contribution in [0.25, 0.3) is 0 Å². The van der Waals surface area contributed by atoms with Gasteiger partial charge in [-0.15, -0.1) is 0 Å². The van der Waals surface area contributed by atoms with Crippen LogP contribution in [0.3, 0.4) is 0 Å². The van der Waals surface area contributed by atoms with Crippen LogP contribution in [0.5, 0.6) is 0 Å². The number of likely N-dealkylation sites (tertiary alicyclic amines) is 1. The van der Waals surface area contributed by atoms with Gasteiger partial charge in [0.2, 0.25) is 0 Å². The number of nitrogens with one attached hydrogen (secondary N) is 1. The van der Waals surface area contributed by atoms with Crippen molar-refractivity contribution in [2.45, 2.75) is 31.8 Å². The summed E-state index contributed by atoms with van der Waals surface area (Å²) in [7, 11) is 1.93. The van der Waals surface area contributed by atoms with Crippen molar-refractivity contribution >= 4 is 5.97 Å². The smallest absolute Gasteiger partial charge is 0.320 e. The van der Waals surface area contributed by atoms with E-state index in [1.165, 1.54) is 0 Å². The third-order valence-corrected chi connectivity index (χ3v) is 2.77. The van der Waals surface area contributed by atoms with Gasteiger partial charge in [0.25, 0.3) is 0 Å².